The molecule has 0 saturated heterocycles. The molecule has 2 N–H and O–H groups in total. The molecule has 1 aromatic rings. The third kappa shape index (κ3) is 3.82. The number of hydrogen-bond donors (Lipinski definition) is 2. The fourth-order valence-electron chi connectivity index (χ4n) is 0.826. The van der Waals surface area contributed by atoms with Crippen molar-refractivity contribution >= 4 is 17.4 Å². The normalized spacial score (nSPS) is 12.4. The van der Waals surface area contributed by atoms with Gasteiger partial charge in [0.15, 0.2) is 0 Å². The molecule has 1 rings (SSSR count). The van der Waals surface area contributed by atoms with Gasteiger partial charge in [0.25, 0.3) is 5.69 Å². The summed E-state index contributed by atoms with van der Waals surface area (Å²) >= 11 is 1.16. The first-order valence-corrected chi connectivity index (χ1v) is 5.14. The quantitative estimate of drug-likeness (QED) is 0.432. The van der Waals surface area contributed by atoms with E-state index in [0.29, 0.717) is 5.03 Å². The van der Waals surface area contributed by atoms with Crippen LogP contribution in [0.1, 0.15) is 0 Å². The zero-order valence-corrected chi connectivity index (χ0v) is 8.55. The third-order valence-corrected chi connectivity index (χ3v) is 2.63. The number of aromatic nitrogens is 1. The largest absolute Gasteiger partial charge is 0.394 e. The predicted octanol–water partition coefficient (Wildman–Crippen LogP) is 0.435. The van der Waals surface area contributed by atoms with E-state index in [1.165, 1.54) is 18.3 Å². The number of hydrogen-bond acceptors (Lipinski definition) is 6. The molecule has 0 aliphatic heterocycles. The fraction of sp³-hybridized carbons (Fsp3) is 0.375. The van der Waals surface area contributed by atoms with E-state index in [-0.39, 0.29) is 18.0 Å². The second-order valence-electron chi connectivity index (χ2n) is 2.76. The van der Waals surface area contributed by atoms with Gasteiger partial charge in [-0.25, -0.2) is 4.98 Å². The first kappa shape index (κ1) is 11.9. The van der Waals surface area contributed by atoms with Crippen molar-refractivity contribution in [3.8, 4) is 0 Å². The van der Waals surface area contributed by atoms with Crippen LogP contribution in [0.4, 0.5) is 5.69 Å². The average Bonchev–Trinajstić information content (AvgIpc) is 2.26. The monoisotopic (exact) mass is 230 g/mol. The predicted molar refractivity (Wildman–Crippen MR) is 54.7 cm³/mol. The van der Waals surface area contributed by atoms with Crippen molar-refractivity contribution in [3.63, 3.8) is 0 Å². The maximum absolute atomic E-state index is 10.4. The molecule has 1 atom stereocenters. The molecule has 0 spiro atoms. The Labute approximate surface area is 90.1 Å². The smallest absolute Gasteiger partial charge is 0.273 e. The highest BCUT2D eigenvalue weighted by Gasteiger charge is 2.09. The number of nitrogens with zero attached hydrogens (tertiary/aromatic N) is 2. The van der Waals surface area contributed by atoms with Gasteiger partial charge in [-0.2, -0.15) is 0 Å². The first-order valence-electron chi connectivity index (χ1n) is 4.15. The van der Waals surface area contributed by atoms with E-state index < -0.39 is 11.0 Å². The molecular weight excluding hydrogens is 220 g/mol. The van der Waals surface area contributed by atoms with Gasteiger partial charge in [0.05, 0.1) is 17.6 Å². The maximum Gasteiger partial charge on any atom is 0.273 e. The first-order chi connectivity index (χ1) is 7.13. The average molecular weight is 230 g/mol. The Morgan fingerprint density at radius 2 is 2.40 bits per heavy atom. The lowest BCUT2D eigenvalue weighted by Gasteiger charge is -2.05. The molecule has 0 aliphatic carbocycles. The Morgan fingerprint density at radius 3 is 3.00 bits per heavy atom. The van der Waals surface area contributed by atoms with E-state index in [1.807, 2.05) is 0 Å². The second-order valence-corrected chi connectivity index (χ2v) is 3.80. The minimum absolute atomic E-state index is 0.0361. The number of aliphatic hydroxyl groups excluding tert-OH is 2. The number of pyridine rings is 1. The maximum atomic E-state index is 10.4. The van der Waals surface area contributed by atoms with Gasteiger partial charge in [-0.3, -0.25) is 10.1 Å². The summed E-state index contributed by atoms with van der Waals surface area (Å²) in [6, 6.07) is 2.63. The van der Waals surface area contributed by atoms with Crippen molar-refractivity contribution in [2.75, 3.05) is 12.4 Å². The van der Waals surface area contributed by atoms with Gasteiger partial charge in [-0.1, -0.05) is 0 Å². The van der Waals surface area contributed by atoms with Crippen LogP contribution < -0.4 is 0 Å². The summed E-state index contributed by atoms with van der Waals surface area (Å²) in [6.07, 6.45) is 0.502. The zero-order chi connectivity index (χ0) is 11.3. The van der Waals surface area contributed by atoms with Gasteiger partial charge in [0.2, 0.25) is 0 Å². The standard InChI is InChI=1S/C8H10N2O4S/c11-4-7(12)5-15-8-3-6(10(13)14)1-2-9-8/h1-3,7,11-12H,4-5H2. The highest BCUT2D eigenvalue weighted by molar-refractivity contribution is 7.99. The van der Waals surface area contributed by atoms with Crippen LogP contribution in [0.3, 0.4) is 0 Å². The molecule has 0 amide bonds. The summed E-state index contributed by atoms with van der Waals surface area (Å²) in [6.45, 7) is -0.331. The number of thioether (sulfide) groups is 1. The van der Waals surface area contributed by atoms with Gasteiger partial charge < -0.3 is 10.2 Å². The van der Waals surface area contributed by atoms with Crippen LogP contribution in [-0.2, 0) is 0 Å². The van der Waals surface area contributed by atoms with Gasteiger partial charge in [0, 0.05) is 24.1 Å². The Balaban J connectivity index is 2.62. The Bertz CT molecular complexity index is 347. The lowest BCUT2D eigenvalue weighted by molar-refractivity contribution is -0.385. The van der Waals surface area contributed by atoms with Crippen molar-refractivity contribution < 1.29 is 15.1 Å². The van der Waals surface area contributed by atoms with E-state index in [2.05, 4.69) is 4.98 Å². The highest BCUT2D eigenvalue weighted by Crippen LogP contribution is 2.20. The van der Waals surface area contributed by atoms with Crippen LogP contribution in [0.2, 0.25) is 0 Å². The van der Waals surface area contributed by atoms with Crippen molar-refractivity contribution in [1.29, 1.82) is 0 Å². The molecule has 1 unspecified atom stereocenters. The summed E-state index contributed by atoms with van der Waals surface area (Å²) in [7, 11) is 0. The third-order valence-electron chi connectivity index (χ3n) is 1.56. The molecule has 0 aromatic carbocycles. The van der Waals surface area contributed by atoms with Crippen LogP contribution in [0, 0.1) is 10.1 Å². The molecule has 1 heterocycles. The summed E-state index contributed by atoms with van der Waals surface area (Å²) in [5, 5.41) is 28.5. The van der Waals surface area contributed by atoms with E-state index in [1.54, 1.807) is 0 Å². The fourth-order valence-corrected chi connectivity index (χ4v) is 1.63. The van der Waals surface area contributed by atoms with Gasteiger partial charge in [-0.05, 0) is 0 Å². The van der Waals surface area contributed by atoms with Crippen LogP contribution >= 0.6 is 11.8 Å². The van der Waals surface area contributed by atoms with Gasteiger partial charge in [0.1, 0.15) is 5.03 Å². The molecular formula is C8H10N2O4S. The molecule has 0 radical (unpaired) electrons. The molecule has 6 nitrogen and oxygen atoms in total. The van der Waals surface area contributed by atoms with E-state index >= 15 is 0 Å². The van der Waals surface area contributed by atoms with E-state index in [4.69, 9.17) is 10.2 Å². The lowest BCUT2D eigenvalue weighted by Crippen LogP contribution is -2.14. The van der Waals surface area contributed by atoms with Crippen LogP contribution in [0.25, 0.3) is 0 Å². The summed E-state index contributed by atoms with van der Waals surface area (Å²) in [5.41, 5.74) is -0.0361. The van der Waals surface area contributed by atoms with Gasteiger partial charge in [-0.15, -0.1) is 11.8 Å². The Morgan fingerprint density at radius 1 is 1.67 bits per heavy atom. The molecule has 82 valence electrons. The van der Waals surface area contributed by atoms with E-state index in [9.17, 15) is 10.1 Å². The van der Waals surface area contributed by atoms with Crippen molar-refractivity contribution in [2.45, 2.75) is 11.1 Å². The second kappa shape index (κ2) is 5.64. The minimum atomic E-state index is -0.837. The number of rotatable bonds is 5. The van der Waals surface area contributed by atoms with Gasteiger partial charge >= 0.3 is 0 Å². The minimum Gasteiger partial charge on any atom is -0.394 e. The number of aliphatic hydroxyl groups is 2. The Kier molecular flexibility index (Phi) is 4.47. The molecule has 0 saturated carbocycles. The van der Waals surface area contributed by atoms with Crippen LogP contribution in [-0.4, -0.2) is 38.6 Å². The summed E-state index contributed by atoms with van der Waals surface area (Å²) < 4.78 is 0. The Hall–Kier alpha value is -1.18. The van der Waals surface area contributed by atoms with Crippen molar-refractivity contribution in [1.82, 2.24) is 4.98 Å². The van der Waals surface area contributed by atoms with Crippen molar-refractivity contribution in [2.24, 2.45) is 0 Å². The lowest BCUT2D eigenvalue weighted by atomic mass is 10.4. The molecule has 0 fully saturated rings. The SMILES string of the molecule is O=[N+]([O-])c1ccnc(SCC(O)CO)c1. The molecule has 0 bridgehead atoms. The molecule has 15 heavy (non-hydrogen) atoms. The summed E-state index contributed by atoms with van der Waals surface area (Å²) in [4.78, 5) is 13.8. The van der Waals surface area contributed by atoms with E-state index in [0.717, 1.165) is 11.8 Å². The van der Waals surface area contributed by atoms with Crippen molar-refractivity contribution in [3.05, 3.63) is 28.4 Å². The zero-order valence-electron chi connectivity index (χ0n) is 7.74. The topological polar surface area (TPSA) is 96.5 Å². The molecule has 1 aromatic heterocycles. The summed E-state index contributed by atoms with van der Waals surface area (Å²) in [5.74, 6) is 0.255. The van der Waals surface area contributed by atoms with Crippen LogP contribution in [0.5, 0.6) is 0 Å². The number of nitro groups is 1. The highest BCUT2D eigenvalue weighted by atomic mass is 32.2. The molecule has 7 heteroatoms. The van der Waals surface area contributed by atoms with Crippen LogP contribution in [0.15, 0.2) is 23.4 Å². The molecule has 0 aliphatic rings.